The van der Waals surface area contributed by atoms with Crippen molar-refractivity contribution in [1.29, 1.82) is 0 Å². The monoisotopic (exact) mass is 262 g/mol. The van der Waals surface area contributed by atoms with Crippen molar-refractivity contribution in [2.75, 3.05) is 33.9 Å². The van der Waals surface area contributed by atoms with E-state index in [-0.39, 0.29) is 6.10 Å². The number of urea groups is 1. The lowest BCUT2D eigenvalue weighted by Gasteiger charge is -2.20. The van der Waals surface area contributed by atoms with E-state index in [1.165, 1.54) is 19.1 Å². The van der Waals surface area contributed by atoms with Gasteiger partial charge in [-0.05, 0) is 6.92 Å². The Hall–Kier alpha value is -1.67. The van der Waals surface area contributed by atoms with Crippen molar-refractivity contribution >= 4 is 17.9 Å². The Morgan fingerprint density at radius 2 is 1.94 bits per heavy atom. The molecule has 0 radical (unpaired) electrons. The summed E-state index contributed by atoms with van der Waals surface area (Å²) < 4.78 is 9.50. The zero-order chi connectivity index (χ0) is 14.1. The summed E-state index contributed by atoms with van der Waals surface area (Å²) in [4.78, 5) is 34.1. The Morgan fingerprint density at radius 1 is 1.33 bits per heavy atom. The molecular weight excluding hydrogens is 244 g/mol. The van der Waals surface area contributed by atoms with Gasteiger partial charge in [-0.2, -0.15) is 0 Å². The first-order chi connectivity index (χ1) is 8.36. The molecule has 0 aromatic carbocycles. The number of likely N-dealkylation sites (N-methyl/N-ethyl adjacent to an activating group) is 1. The van der Waals surface area contributed by atoms with Crippen LogP contribution >= 0.6 is 0 Å². The van der Waals surface area contributed by atoms with Crippen LogP contribution in [-0.4, -0.2) is 67.9 Å². The second-order valence-electron chi connectivity index (χ2n) is 3.67. The Kier molecular flexibility index (Phi) is 7.64. The van der Waals surface area contributed by atoms with Gasteiger partial charge < -0.3 is 19.5 Å². The maximum absolute atomic E-state index is 11.5. The fourth-order valence-electron chi connectivity index (χ4n) is 1.02. The summed E-state index contributed by atoms with van der Waals surface area (Å²) in [6, 6.07) is -0.595. The zero-order valence-corrected chi connectivity index (χ0v) is 10.6. The number of imide groups is 1. The number of aliphatic carboxylic acids is 1. The molecule has 0 aliphatic heterocycles. The topological polar surface area (TPSA) is 105 Å². The smallest absolute Gasteiger partial charge is 0.329 e. The van der Waals surface area contributed by atoms with E-state index < -0.39 is 31.1 Å². The molecule has 0 fully saturated rings. The van der Waals surface area contributed by atoms with E-state index in [1.807, 2.05) is 0 Å². The van der Waals surface area contributed by atoms with Gasteiger partial charge in [0.2, 0.25) is 0 Å². The summed E-state index contributed by atoms with van der Waals surface area (Å²) in [5, 5.41) is 10.3. The van der Waals surface area contributed by atoms with Crippen LogP contribution in [0.4, 0.5) is 4.79 Å². The maximum Gasteiger partial charge on any atom is 0.329 e. The van der Waals surface area contributed by atoms with Gasteiger partial charge in [-0.25, -0.2) is 9.59 Å². The lowest BCUT2D eigenvalue weighted by Crippen LogP contribution is -2.44. The van der Waals surface area contributed by atoms with Gasteiger partial charge in [-0.3, -0.25) is 10.1 Å². The van der Waals surface area contributed by atoms with Crippen LogP contribution in [0, 0.1) is 0 Å². The highest BCUT2D eigenvalue weighted by Gasteiger charge is 2.15. The SMILES string of the molecule is COC(C)CN(C)C(=O)NC(=O)COCC(=O)O. The predicted octanol–water partition coefficient (Wildman–Crippen LogP) is -0.709. The number of carboxylic acid groups (broad SMARTS) is 1. The number of amides is 3. The molecule has 0 aliphatic rings. The molecule has 0 aliphatic carbocycles. The molecule has 8 nitrogen and oxygen atoms in total. The van der Waals surface area contributed by atoms with Crippen molar-refractivity contribution in [3.63, 3.8) is 0 Å². The van der Waals surface area contributed by atoms with E-state index in [0.717, 1.165) is 0 Å². The van der Waals surface area contributed by atoms with E-state index >= 15 is 0 Å². The van der Waals surface area contributed by atoms with Crippen molar-refractivity contribution in [2.24, 2.45) is 0 Å². The van der Waals surface area contributed by atoms with E-state index in [1.54, 1.807) is 6.92 Å². The largest absolute Gasteiger partial charge is 0.480 e. The molecule has 1 unspecified atom stereocenters. The van der Waals surface area contributed by atoms with Crippen LogP contribution in [0.5, 0.6) is 0 Å². The Balaban J connectivity index is 3.92. The summed E-state index contributed by atoms with van der Waals surface area (Å²) in [5.74, 6) is -1.88. The first-order valence-electron chi connectivity index (χ1n) is 5.24. The van der Waals surface area contributed by atoms with E-state index in [9.17, 15) is 14.4 Å². The number of nitrogens with zero attached hydrogens (tertiary/aromatic N) is 1. The highest BCUT2D eigenvalue weighted by molar-refractivity contribution is 5.94. The molecule has 1 atom stereocenters. The number of carbonyl (C=O) groups is 3. The first-order valence-corrected chi connectivity index (χ1v) is 5.24. The lowest BCUT2D eigenvalue weighted by molar-refractivity contribution is -0.143. The average molecular weight is 262 g/mol. The summed E-state index contributed by atoms with van der Waals surface area (Å²) in [5.41, 5.74) is 0. The van der Waals surface area contributed by atoms with Crippen LogP contribution in [0.25, 0.3) is 0 Å². The minimum absolute atomic E-state index is 0.154. The molecule has 0 saturated carbocycles. The molecule has 0 aromatic rings. The van der Waals surface area contributed by atoms with Crippen LogP contribution < -0.4 is 5.32 Å². The van der Waals surface area contributed by atoms with Gasteiger partial charge >= 0.3 is 12.0 Å². The van der Waals surface area contributed by atoms with E-state index in [2.05, 4.69) is 10.1 Å². The third kappa shape index (κ3) is 7.58. The van der Waals surface area contributed by atoms with E-state index in [0.29, 0.717) is 6.54 Å². The lowest BCUT2D eigenvalue weighted by atomic mass is 10.4. The highest BCUT2D eigenvalue weighted by Crippen LogP contribution is 1.93. The van der Waals surface area contributed by atoms with Crippen molar-refractivity contribution < 1.29 is 29.0 Å². The second-order valence-corrected chi connectivity index (χ2v) is 3.67. The molecule has 3 amide bonds. The summed E-state index contributed by atoms with van der Waals surface area (Å²) >= 11 is 0. The second kappa shape index (κ2) is 8.43. The quantitative estimate of drug-likeness (QED) is 0.628. The third-order valence-electron chi connectivity index (χ3n) is 1.99. The van der Waals surface area contributed by atoms with Gasteiger partial charge in [0.1, 0.15) is 13.2 Å². The van der Waals surface area contributed by atoms with Crippen molar-refractivity contribution in [1.82, 2.24) is 10.2 Å². The van der Waals surface area contributed by atoms with Crippen LogP contribution in [0.15, 0.2) is 0 Å². The van der Waals surface area contributed by atoms with Crippen molar-refractivity contribution in [3.8, 4) is 0 Å². The fraction of sp³-hybridized carbons (Fsp3) is 0.700. The van der Waals surface area contributed by atoms with Crippen LogP contribution in [-0.2, 0) is 19.1 Å². The first kappa shape index (κ1) is 16.3. The molecule has 18 heavy (non-hydrogen) atoms. The number of hydrogen-bond donors (Lipinski definition) is 2. The number of carbonyl (C=O) groups excluding carboxylic acids is 2. The standard InChI is InChI=1S/C10H18N2O6/c1-7(17-3)4-12(2)10(16)11-8(13)5-18-6-9(14)15/h7H,4-6H2,1-3H3,(H,14,15)(H,11,13,16). The molecule has 0 saturated heterocycles. The number of hydrogen-bond acceptors (Lipinski definition) is 5. The highest BCUT2D eigenvalue weighted by atomic mass is 16.5. The number of methoxy groups -OCH3 is 1. The molecule has 8 heteroatoms. The van der Waals surface area contributed by atoms with Crippen LogP contribution in [0.2, 0.25) is 0 Å². The van der Waals surface area contributed by atoms with Gasteiger partial charge in [0.25, 0.3) is 5.91 Å². The Labute approximate surface area is 105 Å². The molecule has 0 aromatic heterocycles. The minimum Gasteiger partial charge on any atom is -0.480 e. The summed E-state index contributed by atoms with van der Waals surface area (Å²) in [7, 11) is 3.03. The molecule has 0 rings (SSSR count). The number of ether oxygens (including phenoxy) is 2. The fourth-order valence-corrected chi connectivity index (χ4v) is 1.02. The van der Waals surface area contributed by atoms with Gasteiger partial charge in [-0.15, -0.1) is 0 Å². The van der Waals surface area contributed by atoms with Crippen LogP contribution in [0.3, 0.4) is 0 Å². The summed E-state index contributed by atoms with van der Waals surface area (Å²) in [6.07, 6.45) is -0.154. The maximum atomic E-state index is 11.5. The molecular formula is C10H18N2O6. The molecule has 2 N–H and O–H groups in total. The summed E-state index contributed by atoms with van der Waals surface area (Å²) in [6.45, 7) is 1.04. The number of carboxylic acids is 1. The van der Waals surface area contributed by atoms with Crippen molar-refractivity contribution in [3.05, 3.63) is 0 Å². The third-order valence-corrected chi connectivity index (χ3v) is 1.99. The van der Waals surface area contributed by atoms with E-state index in [4.69, 9.17) is 9.84 Å². The minimum atomic E-state index is -1.18. The van der Waals surface area contributed by atoms with Crippen LogP contribution in [0.1, 0.15) is 6.92 Å². The average Bonchev–Trinajstić information content (AvgIpc) is 2.27. The molecule has 0 bridgehead atoms. The number of nitrogens with one attached hydrogen (secondary N) is 1. The van der Waals surface area contributed by atoms with Crippen molar-refractivity contribution in [2.45, 2.75) is 13.0 Å². The molecule has 0 spiro atoms. The molecule has 0 heterocycles. The Morgan fingerprint density at radius 3 is 2.44 bits per heavy atom. The Bertz CT molecular complexity index is 307. The number of rotatable bonds is 7. The normalized spacial score (nSPS) is 11.7. The van der Waals surface area contributed by atoms with Gasteiger partial charge in [0.15, 0.2) is 0 Å². The zero-order valence-electron chi connectivity index (χ0n) is 10.6. The van der Waals surface area contributed by atoms with Gasteiger partial charge in [0, 0.05) is 20.7 Å². The van der Waals surface area contributed by atoms with Gasteiger partial charge in [0.05, 0.1) is 6.10 Å². The molecule has 104 valence electrons. The predicted molar refractivity (Wildman–Crippen MR) is 61.1 cm³/mol. The van der Waals surface area contributed by atoms with Gasteiger partial charge in [-0.1, -0.05) is 0 Å².